The molecule has 1 heterocycles. The fraction of sp³-hybridized carbons (Fsp3) is 0.333. The van der Waals surface area contributed by atoms with Gasteiger partial charge >= 0.3 is 5.97 Å². The number of carboxylic acids is 1. The summed E-state index contributed by atoms with van der Waals surface area (Å²) >= 11 is 6.16. The van der Waals surface area contributed by atoms with Crippen molar-refractivity contribution >= 4 is 40.9 Å². The first-order valence-corrected chi connectivity index (χ1v) is 11.3. The quantitative estimate of drug-likeness (QED) is 0.473. The molecule has 35 heavy (non-hydrogen) atoms. The number of hydrogen-bond donors (Lipinski definition) is 3. The summed E-state index contributed by atoms with van der Waals surface area (Å²) < 4.78 is 5.42. The number of halogens is 1. The molecule has 1 aliphatic rings. The number of nitrogens with zero attached hydrogens (tertiary/aromatic N) is 3. The molecule has 0 bridgehead atoms. The van der Waals surface area contributed by atoms with Crippen LogP contribution in [0.1, 0.15) is 15.9 Å². The highest BCUT2D eigenvalue weighted by atomic mass is 35.5. The SMILES string of the molecule is COc1ccc(Cl)cc1C[C@@H]1CN=C(NN(C)C)CN(CC(=O)Nc2ccc(C(=O)O)cc2)C1=O. The Balaban J connectivity index is 1.78. The number of nitrogens with one attached hydrogen (secondary N) is 2. The first-order chi connectivity index (χ1) is 16.7. The Morgan fingerprint density at radius 2 is 1.94 bits per heavy atom. The van der Waals surface area contributed by atoms with Crippen LogP contribution in [0.2, 0.25) is 5.02 Å². The maximum atomic E-state index is 13.5. The number of aromatic carboxylic acids is 1. The molecule has 0 fully saturated rings. The second-order valence-electron chi connectivity index (χ2n) is 8.28. The number of methoxy groups -OCH3 is 1. The molecule has 11 heteroatoms. The van der Waals surface area contributed by atoms with Gasteiger partial charge in [-0.3, -0.25) is 14.6 Å². The number of amides is 2. The van der Waals surface area contributed by atoms with E-state index >= 15 is 0 Å². The van der Waals surface area contributed by atoms with Crippen LogP contribution in [-0.4, -0.2) is 79.5 Å². The van der Waals surface area contributed by atoms with Crippen LogP contribution < -0.4 is 15.5 Å². The number of carbonyl (C=O) groups is 3. The van der Waals surface area contributed by atoms with Gasteiger partial charge in [0.05, 0.1) is 31.7 Å². The van der Waals surface area contributed by atoms with Crippen molar-refractivity contribution in [2.45, 2.75) is 6.42 Å². The molecule has 0 radical (unpaired) electrons. The zero-order valence-electron chi connectivity index (χ0n) is 19.7. The molecule has 0 aliphatic carbocycles. The minimum atomic E-state index is -1.05. The van der Waals surface area contributed by atoms with Crippen LogP contribution in [-0.2, 0) is 16.0 Å². The number of hydrogen-bond acceptors (Lipinski definition) is 7. The van der Waals surface area contributed by atoms with Crippen molar-refractivity contribution < 1.29 is 24.2 Å². The Morgan fingerprint density at radius 1 is 1.23 bits per heavy atom. The maximum absolute atomic E-state index is 13.5. The first kappa shape index (κ1) is 26.0. The van der Waals surface area contributed by atoms with Gasteiger partial charge in [-0.1, -0.05) is 11.6 Å². The van der Waals surface area contributed by atoms with E-state index in [0.29, 0.717) is 28.7 Å². The zero-order chi connectivity index (χ0) is 25.5. The summed E-state index contributed by atoms with van der Waals surface area (Å²) in [6, 6.07) is 11.0. The Labute approximate surface area is 208 Å². The minimum absolute atomic E-state index is 0.112. The van der Waals surface area contributed by atoms with Gasteiger partial charge in [-0.15, -0.1) is 0 Å². The van der Waals surface area contributed by atoms with E-state index in [2.05, 4.69) is 15.7 Å². The number of aliphatic imine (C=N–C) groups is 1. The maximum Gasteiger partial charge on any atom is 0.335 e. The summed E-state index contributed by atoms with van der Waals surface area (Å²) in [6.07, 6.45) is 0.343. The Kier molecular flexibility index (Phi) is 8.67. The Bertz CT molecular complexity index is 1120. The molecule has 1 aliphatic heterocycles. The molecule has 3 rings (SSSR count). The fourth-order valence-corrected chi connectivity index (χ4v) is 3.92. The van der Waals surface area contributed by atoms with E-state index in [9.17, 15) is 14.4 Å². The summed E-state index contributed by atoms with van der Waals surface area (Å²) in [5, 5.41) is 14.0. The summed E-state index contributed by atoms with van der Waals surface area (Å²) in [6.45, 7) is 0.168. The number of ether oxygens (including phenoxy) is 1. The van der Waals surface area contributed by atoms with E-state index in [1.54, 1.807) is 44.4 Å². The van der Waals surface area contributed by atoms with Gasteiger partial charge in [0.25, 0.3) is 0 Å². The highest BCUT2D eigenvalue weighted by Gasteiger charge is 2.31. The predicted molar refractivity (Wildman–Crippen MR) is 133 cm³/mol. The number of rotatable bonds is 8. The van der Waals surface area contributed by atoms with Gasteiger partial charge < -0.3 is 25.5 Å². The molecule has 2 aromatic rings. The molecule has 3 N–H and O–H groups in total. The van der Waals surface area contributed by atoms with Gasteiger partial charge in [0.1, 0.15) is 18.1 Å². The van der Waals surface area contributed by atoms with Crippen LogP contribution >= 0.6 is 11.6 Å². The smallest absolute Gasteiger partial charge is 0.335 e. The summed E-state index contributed by atoms with van der Waals surface area (Å²) in [5.41, 5.74) is 4.41. The molecule has 2 amide bonds. The summed E-state index contributed by atoms with van der Waals surface area (Å²) in [4.78, 5) is 43.3. The normalized spacial score (nSPS) is 15.9. The number of carboxylic acid groups (broad SMARTS) is 1. The van der Waals surface area contributed by atoms with Crippen molar-refractivity contribution in [1.29, 1.82) is 0 Å². The third kappa shape index (κ3) is 7.17. The van der Waals surface area contributed by atoms with E-state index in [1.165, 1.54) is 29.2 Å². The lowest BCUT2D eigenvalue weighted by molar-refractivity contribution is -0.137. The third-order valence-electron chi connectivity index (χ3n) is 5.32. The number of amidine groups is 1. The molecule has 1 atom stereocenters. The fourth-order valence-electron chi connectivity index (χ4n) is 3.72. The van der Waals surface area contributed by atoms with Gasteiger partial charge in [0.15, 0.2) is 0 Å². The largest absolute Gasteiger partial charge is 0.496 e. The molecule has 0 saturated heterocycles. The van der Waals surface area contributed by atoms with Crippen molar-refractivity contribution in [3.8, 4) is 5.75 Å². The highest BCUT2D eigenvalue weighted by molar-refractivity contribution is 6.30. The van der Waals surface area contributed by atoms with Crippen molar-refractivity contribution in [2.75, 3.05) is 46.2 Å². The van der Waals surface area contributed by atoms with Crippen molar-refractivity contribution in [3.63, 3.8) is 0 Å². The Morgan fingerprint density at radius 3 is 2.57 bits per heavy atom. The topological polar surface area (TPSA) is 124 Å². The molecule has 0 saturated carbocycles. The van der Waals surface area contributed by atoms with Gasteiger partial charge in [-0.25, -0.2) is 9.80 Å². The number of hydrazine groups is 1. The lowest BCUT2D eigenvalue weighted by Crippen LogP contribution is -2.47. The van der Waals surface area contributed by atoms with Gasteiger partial charge in [-0.2, -0.15) is 0 Å². The first-order valence-electron chi connectivity index (χ1n) is 10.9. The molecule has 0 spiro atoms. The minimum Gasteiger partial charge on any atom is -0.496 e. The zero-order valence-corrected chi connectivity index (χ0v) is 20.5. The van der Waals surface area contributed by atoms with Gasteiger partial charge in [0.2, 0.25) is 11.8 Å². The molecule has 2 aromatic carbocycles. The molecule has 186 valence electrons. The lowest BCUT2D eigenvalue weighted by atomic mass is 9.97. The molecule has 10 nitrogen and oxygen atoms in total. The van der Waals surface area contributed by atoms with Crippen molar-refractivity contribution in [1.82, 2.24) is 15.3 Å². The molecule has 0 unspecified atom stereocenters. The van der Waals surface area contributed by atoms with E-state index in [0.717, 1.165) is 5.56 Å². The van der Waals surface area contributed by atoms with Gasteiger partial charge in [0, 0.05) is 24.8 Å². The van der Waals surface area contributed by atoms with Crippen LogP contribution in [0.5, 0.6) is 5.75 Å². The van der Waals surface area contributed by atoms with E-state index in [1.807, 2.05) is 0 Å². The van der Waals surface area contributed by atoms with Crippen molar-refractivity contribution in [3.05, 3.63) is 58.6 Å². The number of anilines is 1. The second-order valence-corrected chi connectivity index (χ2v) is 8.71. The van der Waals surface area contributed by atoms with E-state index < -0.39 is 17.8 Å². The standard InChI is InChI=1S/C24H28ClN5O5/c1-29(2)28-21-13-30(14-22(31)27-19-7-4-15(5-8-19)24(33)34)23(32)17(12-26-21)10-16-11-18(25)6-9-20(16)35-3/h4-9,11,17H,10,12-14H2,1-3H3,(H,26,28)(H,27,31)(H,33,34)/t17-/m1/s1. The van der Waals surface area contributed by atoms with E-state index in [-0.39, 0.29) is 31.1 Å². The lowest BCUT2D eigenvalue weighted by Gasteiger charge is -2.25. The van der Waals surface area contributed by atoms with Gasteiger partial charge in [-0.05, 0) is 54.4 Å². The average Bonchev–Trinajstić information content (AvgIpc) is 2.93. The van der Waals surface area contributed by atoms with Crippen LogP contribution in [0, 0.1) is 5.92 Å². The average molecular weight is 502 g/mol. The Hall–Kier alpha value is -3.63. The summed E-state index contributed by atoms with van der Waals surface area (Å²) in [5.74, 6) is -1.03. The number of benzene rings is 2. The molecular formula is C24H28ClN5O5. The van der Waals surface area contributed by atoms with Crippen LogP contribution in [0.25, 0.3) is 0 Å². The summed E-state index contributed by atoms with van der Waals surface area (Å²) in [7, 11) is 5.17. The monoisotopic (exact) mass is 501 g/mol. The van der Waals surface area contributed by atoms with Crippen molar-refractivity contribution in [2.24, 2.45) is 10.9 Å². The van der Waals surface area contributed by atoms with Crippen LogP contribution in [0.3, 0.4) is 0 Å². The van der Waals surface area contributed by atoms with Crippen LogP contribution in [0.4, 0.5) is 5.69 Å². The third-order valence-corrected chi connectivity index (χ3v) is 5.55. The predicted octanol–water partition coefficient (Wildman–Crippen LogP) is 2.15. The van der Waals surface area contributed by atoms with E-state index in [4.69, 9.17) is 21.4 Å². The second kappa shape index (κ2) is 11.7. The molecule has 0 aromatic heterocycles. The van der Waals surface area contributed by atoms with Crippen LogP contribution in [0.15, 0.2) is 47.5 Å². The highest BCUT2D eigenvalue weighted by Crippen LogP contribution is 2.26. The molecular weight excluding hydrogens is 474 g/mol. The number of carbonyl (C=O) groups excluding carboxylic acids is 2.